The van der Waals surface area contributed by atoms with Gasteiger partial charge in [0.15, 0.2) is 6.61 Å². The summed E-state index contributed by atoms with van der Waals surface area (Å²) in [5, 5.41) is 3.56. The number of pyridine rings is 1. The summed E-state index contributed by atoms with van der Waals surface area (Å²) in [4.78, 5) is 32.8. The number of ether oxygens (including phenoxy) is 1. The summed E-state index contributed by atoms with van der Waals surface area (Å²) in [7, 11) is 0. The minimum absolute atomic E-state index is 0.202. The first kappa shape index (κ1) is 24.9. The number of hydrogen-bond donors (Lipinski definition) is 1. The zero-order chi connectivity index (χ0) is 25.2. The highest BCUT2D eigenvalue weighted by Gasteiger charge is 2.31. The molecule has 0 spiro atoms. The van der Waals surface area contributed by atoms with Gasteiger partial charge < -0.3 is 15.0 Å². The normalized spacial score (nSPS) is 11.4. The number of carbonyl (C=O) groups is 2. The highest BCUT2D eigenvalue weighted by Crippen LogP contribution is 2.25. The minimum Gasteiger partial charge on any atom is -0.484 e. The van der Waals surface area contributed by atoms with Gasteiger partial charge in [0, 0.05) is 30.5 Å². The molecule has 1 heterocycles. The molecule has 4 rings (SSSR count). The highest BCUT2D eigenvalue weighted by molar-refractivity contribution is 6.30. The van der Waals surface area contributed by atoms with E-state index in [4.69, 9.17) is 16.3 Å². The smallest absolute Gasteiger partial charge is 0.261 e. The van der Waals surface area contributed by atoms with E-state index in [9.17, 15) is 9.59 Å². The average Bonchev–Trinajstić information content (AvgIpc) is 2.93. The van der Waals surface area contributed by atoms with Crippen LogP contribution in [0.15, 0.2) is 109 Å². The maximum atomic E-state index is 13.6. The van der Waals surface area contributed by atoms with E-state index in [0.29, 0.717) is 22.9 Å². The molecule has 1 atom stereocenters. The predicted octanol–water partition coefficient (Wildman–Crippen LogP) is 5.20. The fourth-order valence-corrected chi connectivity index (χ4v) is 3.88. The van der Waals surface area contributed by atoms with Crippen LogP contribution in [-0.2, 0) is 22.7 Å². The zero-order valence-electron chi connectivity index (χ0n) is 19.6. The molecule has 0 radical (unpaired) electrons. The van der Waals surface area contributed by atoms with E-state index in [-0.39, 0.29) is 25.0 Å². The Balaban J connectivity index is 1.62. The van der Waals surface area contributed by atoms with Crippen LogP contribution in [0.1, 0.15) is 22.7 Å². The van der Waals surface area contributed by atoms with Crippen molar-refractivity contribution in [2.45, 2.75) is 19.1 Å². The topological polar surface area (TPSA) is 71.5 Å². The van der Waals surface area contributed by atoms with E-state index in [1.807, 2.05) is 72.8 Å². The first-order valence-electron chi connectivity index (χ1n) is 11.5. The van der Waals surface area contributed by atoms with Crippen molar-refractivity contribution in [1.29, 1.82) is 0 Å². The van der Waals surface area contributed by atoms with Gasteiger partial charge in [0.05, 0.1) is 0 Å². The molecule has 0 fully saturated rings. The van der Waals surface area contributed by atoms with E-state index < -0.39 is 6.04 Å². The largest absolute Gasteiger partial charge is 0.484 e. The van der Waals surface area contributed by atoms with Gasteiger partial charge in [-0.25, -0.2) is 0 Å². The van der Waals surface area contributed by atoms with Gasteiger partial charge in [-0.05, 0) is 47.0 Å². The van der Waals surface area contributed by atoms with Gasteiger partial charge >= 0.3 is 0 Å². The molecule has 0 saturated carbocycles. The van der Waals surface area contributed by atoms with Crippen molar-refractivity contribution in [2.24, 2.45) is 0 Å². The number of halogens is 1. The van der Waals surface area contributed by atoms with Crippen LogP contribution in [-0.4, -0.2) is 28.3 Å². The summed E-state index contributed by atoms with van der Waals surface area (Å²) >= 11 is 6.07. The molecular weight excluding hydrogens is 474 g/mol. The monoisotopic (exact) mass is 499 g/mol. The summed E-state index contributed by atoms with van der Waals surface area (Å²) in [6.07, 6.45) is 3.37. The summed E-state index contributed by atoms with van der Waals surface area (Å²) in [5.41, 5.74) is 2.40. The van der Waals surface area contributed by atoms with E-state index >= 15 is 0 Å². The second-order valence-corrected chi connectivity index (χ2v) is 8.58. The van der Waals surface area contributed by atoms with Crippen molar-refractivity contribution in [3.8, 4) is 5.75 Å². The number of nitrogens with zero attached hydrogens (tertiary/aromatic N) is 2. The number of amides is 2. The van der Waals surface area contributed by atoms with Crippen molar-refractivity contribution >= 4 is 23.4 Å². The fraction of sp³-hybridized carbons (Fsp3) is 0.138. The van der Waals surface area contributed by atoms with Crippen molar-refractivity contribution in [3.05, 3.63) is 131 Å². The third-order valence-corrected chi connectivity index (χ3v) is 5.81. The molecule has 1 unspecified atom stereocenters. The molecule has 182 valence electrons. The molecule has 1 aromatic heterocycles. The molecule has 2 amide bonds. The van der Waals surface area contributed by atoms with Crippen LogP contribution in [0.2, 0.25) is 5.02 Å². The molecule has 0 bridgehead atoms. The van der Waals surface area contributed by atoms with Crippen LogP contribution in [0.3, 0.4) is 0 Å². The maximum absolute atomic E-state index is 13.6. The number of carbonyl (C=O) groups excluding carboxylic acids is 2. The summed E-state index contributed by atoms with van der Waals surface area (Å²) in [6.45, 7) is 0.282. The molecule has 0 saturated heterocycles. The lowest BCUT2D eigenvalue weighted by molar-refractivity contribution is -0.143. The number of nitrogens with one attached hydrogen (secondary N) is 1. The lowest BCUT2D eigenvalue weighted by atomic mass is 10.0. The maximum Gasteiger partial charge on any atom is 0.261 e. The number of hydrogen-bond acceptors (Lipinski definition) is 4. The Kier molecular flexibility index (Phi) is 8.67. The van der Waals surface area contributed by atoms with E-state index in [1.165, 1.54) is 0 Å². The molecule has 7 heteroatoms. The van der Waals surface area contributed by atoms with Gasteiger partial charge in [-0.2, -0.15) is 0 Å². The SMILES string of the molecule is O=C(NCc1cccnc1)C(c1ccccc1)N(Cc1ccc(Cl)cc1)C(=O)COc1ccccc1. The minimum atomic E-state index is -0.870. The Morgan fingerprint density at radius 1 is 0.861 bits per heavy atom. The van der Waals surface area contributed by atoms with Crippen molar-refractivity contribution in [1.82, 2.24) is 15.2 Å². The first-order chi connectivity index (χ1) is 17.6. The Labute approximate surface area is 215 Å². The van der Waals surface area contributed by atoms with E-state index in [1.54, 1.807) is 41.6 Å². The van der Waals surface area contributed by atoms with Crippen LogP contribution in [0.5, 0.6) is 5.75 Å². The standard InChI is InChI=1S/C29H26ClN3O3/c30-25-15-13-22(14-16-25)20-33(27(34)21-36-26-11-5-2-6-12-26)28(24-9-3-1-4-10-24)29(35)32-19-23-8-7-17-31-18-23/h1-18,28H,19-21H2,(H,32,35). The Morgan fingerprint density at radius 3 is 2.22 bits per heavy atom. The van der Waals surface area contributed by atoms with Gasteiger partial charge in [-0.15, -0.1) is 0 Å². The van der Waals surface area contributed by atoms with Crippen LogP contribution in [0.4, 0.5) is 0 Å². The quantitative estimate of drug-likeness (QED) is 0.325. The van der Waals surface area contributed by atoms with Crippen molar-refractivity contribution in [2.75, 3.05) is 6.61 Å². The molecular formula is C29H26ClN3O3. The van der Waals surface area contributed by atoms with E-state index in [0.717, 1.165) is 11.1 Å². The van der Waals surface area contributed by atoms with Gasteiger partial charge in [0.25, 0.3) is 5.91 Å². The van der Waals surface area contributed by atoms with Crippen LogP contribution >= 0.6 is 11.6 Å². The Bertz CT molecular complexity index is 1250. The molecule has 0 aliphatic rings. The number of aromatic nitrogens is 1. The second kappa shape index (κ2) is 12.5. The van der Waals surface area contributed by atoms with Crippen molar-refractivity contribution < 1.29 is 14.3 Å². The molecule has 4 aromatic rings. The molecule has 0 aliphatic heterocycles. The van der Waals surface area contributed by atoms with Gasteiger partial charge in [-0.1, -0.05) is 78.3 Å². The van der Waals surface area contributed by atoms with Crippen LogP contribution in [0.25, 0.3) is 0 Å². The molecule has 36 heavy (non-hydrogen) atoms. The fourth-order valence-electron chi connectivity index (χ4n) is 3.75. The number of para-hydroxylation sites is 1. The Morgan fingerprint density at radius 2 is 1.56 bits per heavy atom. The van der Waals surface area contributed by atoms with Crippen molar-refractivity contribution in [3.63, 3.8) is 0 Å². The number of benzene rings is 3. The number of rotatable bonds is 10. The summed E-state index contributed by atoms with van der Waals surface area (Å²) < 4.78 is 5.75. The molecule has 6 nitrogen and oxygen atoms in total. The van der Waals surface area contributed by atoms with Gasteiger partial charge in [0.2, 0.25) is 5.91 Å². The average molecular weight is 500 g/mol. The molecule has 1 N–H and O–H groups in total. The highest BCUT2D eigenvalue weighted by atomic mass is 35.5. The van der Waals surface area contributed by atoms with Crippen LogP contribution in [0, 0.1) is 0 Å². The summed E-state index contributed by atoms with van der Waals surface area (Å²) in [5.74, 6) is -0.0409. The van der Waals surface area contributed by atoms with E-state index in [2.05, 4.69) is 10.3 Å². The van der Waals surface area contributed by atoms with Gasteiger partial charge in [0.1, 0.15) is 11.8 Å². The van der Waals surface area contributed by atoms with Crippen LogP contribution < -0.4 is 10.1 Å². The molecule has 3 aromatic carbocycles. The third kappa shape index (κ3) is 6.93. The summed E-state index contributed by atoms with van der Waals surface area (Å²) in [6, 6.07) is 28.4. The lowest BCUT2D eigenvalue weighted by Gasteiger charge is -2.31. The second-order valence-electron chi connectivity index (χ2n) is 8.14. The Hall–Kier alpha value is -4.16. The predicted molar refractivity (Wildman–Crippen MR) is 139 cm³/mol. The van der Waals surface area contributed by atoms with Gasteiger partial charge in [-0.3, -0.25) is 14.6 Å². The molecule has 0 aliphatic carbocycles. The lowest BCUT2D eigenvalue weighted by Crippen LogP contribution is -2.45. The zero-order valence-corrected chi connectivity index (χ0v) is 20.3. The first-order valence-corrected chi connectivity index (χ1v) is 11.9. The third-order valence-electron chi connectivity index (χ3n) is 5.56.